The standard InChI is InChI=1S/C15H19NS/c1-12-3-5-15-10-13(4-6-14(15)9-12)11-16-7-2-8-17/h3-6,9-10,16-17H,2,7-8,11H2,1H3. The molecule has 0 aliphatic heterocycles. The highest BCUT2D eigenvalue weighted by molar-refractivity contribution is 7.80. The maximum absolute atomic E-state index is 4.20. The van der Waals surface area contributed by atoms with Gasteiger partial charge in [0.1, 0.15) is 0 Å². The predicted octanol–water partition coefficient (Wildman–Crippen LogP) is 3.56. The highest BCUT2D eigenvalue weighted by atomic mass is 32.1. The quantitative estimate of drug-likeness (QED) is 0.606. The molecule has 0 spiro atoms. The molecule has 0 saturated carbocycles. The second-order valence-electron chi connectivity index (χ2n) is 4.44. The van der Waals surface area contributed by atoms with Crippen LogP contribution in [0.5, 0.6) is 0 Å². The molecule has 90 valence electrons. The first-order valence-corrected chi connectivity index (χ1v) is 6.74. The first kappa shape index (κ1) is 12.5. The fraction of sp³-hybridized carbons (Fsp3) is 0.333. The molecule has 2 rings (SSSR count). The van der Waals surface area contributed by atoms with Gasteiger partial charge in [0.15, 0.2) is 0 Å². The maximum atomic E-state index is 4.20. The van der Waals surface area contributed by atoms with Gasteiger partial charge >= 0.3 is 0 Å². The molecule has 0 radical (unpaired) electrons. The average molecular weight is 245 g/mol. The molecule has 0 aromatic heterocycles. The van der Waals surface area contributed by atoms with E-state index in [1.807, 2.05) is 0 Å². The molecule has 0 saturated heterocycles. The highest BCUT2D eigenvalue weighted by Gasteiger charge is 1.97. The molecule has 0 fully saturated rings. The van der Waals surface area contributed by atoms with E-state index in [1.54, 1.807) is 0 Å². The molecule has 17 heavy (non-hydrogen) atoms. The Morgan fingerprint density at radius 3 is 2.65 bits per heavy atom. The minimum Gasteiger partial charge on any atom is -0.313 e. The van der Waals surface area contributed by atoms with E-state index in [-0.39, 0.29) is 0 Å². The van der Waals surface area contributed by atoms with Crippen molar-refractivity contribution in [3.8, 4) is 0 Å². The second kappa shape index (κ2) is 6.08. The van der Waals surface area contributed by atoms with Gasteiger partial charge in [-0.3, -0.25) is 0 Å². The van der Waals surface area contributed by atoms with Crippen molar-refractivity contribution < 1.29 is 0 Å². The third-order valence-electron chi connectivity index (χ3n) is 2.90. The predicted molar refractivity (Wildman–Crippen MR) is 78.9 cm³/mol. The van der Waals surface area contributed by atoms with Gasteiger partial charge in [0.05, 0.1) is 0 Å². The van der Waals surface area contributed by atoms with Gasteiger partial charge < -0.3 is 5.32 Å². The summed E-state index contributed by atoms with van der Waals surface area (Å²) in [6.45, 7) is 4.11. The van der Waals surface area contributed by atoms with Crippen molar-refractivity contribution in [1.29, 1.82) is 0 Å². The Morgan fingerprint density at radius 2 is 1.82 bits per heavy atom. The van der Waals surface area contributed by atoms with E-state index in [9.17, 15) is 0 Å². The first-order valence-electron chi connectivity index (χ1n) is 6.10. The maximum Gasteiger partial charge on any atom is 0.0205 e. The van der Waals surface area contributed by atoms with E-state index in [4.69, 9.17) is 0 Å². The molecule has 0 aliphatic carbocycles. The van der Waals surface area contributed by atoms with Gasteiger partial charge in [0, 0.05) is 6.54 Å². The number of rotatable bonds is 5. The summed E-state index contributed by atoms with van der Waals surface area (Å²) in [5.41, 5.74) is 2.66. The summed E-state index contributed by atoms with van der Waals surface area (Å²) in [6, 6.07) is 13.3. The van der Waals surface area contributed by atoms with Crippen LogP contribution in [-0.4, -0.2) is 12.3 Å². The number of hydrogen-bond donors (Lipinski definition) is 2. The molecule has 0 bridgehead atoms. The topological polar surface area (TPSA) is 12.0 Å². The fourth-order valence-electron chi connectivity index (χ4n) is 1.96. The molecule has 1 nitrogen and oxygen atoms in total. The lowest BCUT2D eigenvalue weighted by Gasteiger charge is -2.06. The number of thiol groups is 1. The largest absolute Gasteiger partial charge is 0.313 e. The molecule has 2 heteroatoms. The number of hydrogen-bond acceptors (Lipinski definition) is 2. The SMILES string of the molecule is Cc1ccc2cc(CNCCCS)ccc2c1. The zero-order valence-electron chi connectivity index (χ0n) is 10.2. The Kier molecular flexibility index (Phi) is 4.46. The Morgan fingerprint density at radius 1 is 1.06 bits per heavy atom. The summed E-state index contributed by atoms with van der Waals surface area (Å²) in [6.07, 6.45) is 1.12. The lowest BCUT2D eigenvalue weighted by Crippen LogP contribution is -2.14. The van der Waals surface area contributed by atoms with Crippen LogP contribution < -0.4 is 5.32 Å². The molecule has 0 aliphatic rings. The molecule has 2 aromatic rings. The molecule has 1 N–H and O–H groups in total. The molecule has 0 heterocycles. The summed E-state index contributed by atoms with van der Waals surface area (Å²) in [4.78, 5) is 0. The summed E-state index contributed by atoms with van der Waals surface area (Å²) < 4.78 is 0. The second-order valence-corrected chi connectivity index (χ2v) is 4.89. The van der Waals surface area contributed by atoms with Crippen LogP contribution in [0.3, 0.4) is 0 Å². The van der Waals surface area contributed by atoms with E-state index in [2.05, 4.69) is 61.3 Å². The van der Waals surface area contributed by atoms with Crippen molar-refractivity contribution in [3.63, 3.8) is 0 Å². The van der Waals surface area contributed by atoms with Crippen LogP contribution in [0, 0.1) is 6.92 Å². The Balaban J connectivity index is 2.07. The van der Waals surface area contributed by atoms with Crippen LogP contribution in [0.1, 0.15) is 17.5 Å². The van der Waals surface area contributed by atoms with Crippen molar-refractivity contribution in [2.45, 2.75) is 19.9 Å². The minimum atomic E-state index is 0.942. The minimum absolute atomic E-state index is 0.942. The van der Waals surface area contributed by atoms with Crippen molar-refractivity contribution in [2.24, 2.45) is 0 Å². The lowest BCUT2D eigenvalue weighted by atomic mass is 10.0. The first-order chi connectivity index (χ1) is 8.29. The average Bonchev–Trinajstić information content (AvgIpc) is 2.35. The highest BCUT2D eigenvalue weighted by Crippen LogP contribution is 2.17. The van der Waals surface area contributed by atoms with E-state index < -0.39 is 0 Å². The van der Waals surface area contributed by atoms with Crippen LogP contribution >= 0.6 is 12.6 Å². The number of fused-ring (bicyclic) bond motifs is 1. The van der Waals surface area contributed by atoms with Crippen molar-refractivity contribution >= 4 is 23.4 Å². The van der Waals surface area contributed by atoms with Crippen molar-refractivity contribution in [3.05, 3.63) is 47.5 Å². The fourth-order valence-corrected chi connectivity index (χ4v) is 2.12. The van der Waals surface area contributed by atoms with Crippen LogP contribution in [0.15, 0.2) is 36.4 Å². The third-order valence-corrected chi connectivity index (χ3v) is 3.22. The monoisotopic (exact) mass is 245 g/mol. The van der Waals surface area contributed by atoms with E-state index >= 15 is 0 Å². The normalized spacial score (nSPS) is 10.9. The van der Waals surface area contributed by atoms with E-state index in [0.29, 0.717) is 0 Å². The molecule has 0 atom stereocenters. The van der Waals surface area contributed by atoms with E-state index in [0.717, 1.165) is 25.3 Å². The van der Waals surface area contributed by atoms with Crippen LogP contribution in [0.4, 0.5) is 0 Å². The van der Waals surface area contributed by atoms with Crippen molar-refractivity contribution in [1.82, 2.24) is 5.32 Å². The van der Waals surface area contributed by atoms with Crippen molar-refractivity contribution in [2.75, 3.05) is 12.3 Å². The summed E-state index contributed by atoms with van der Waals surface area (Å²) in [7, 11) is 0. The number of aryl methyl sites for hydroxylation is 1. The number of benzene rings is 2. The van der Waals surface area contributed by atoms with Gasteiger partial charge in [0.2, 0.25) is 0 Å². The number of nitrogens with one attached hydrogen (secondary N) is 1. The molecule has 0 unspecified atom stereocenters. The third kappa shape index (κ3) is 3.48. The van der Waals surface area contributed by atoms with Gasteiger partial charge in [-0.1, -0.05) is 35.9 Å². The summed E-state index contributed by atoms with van der Waals surface area (Å²) in [5.74, 6) is 0.948. The van der Waals surface area contributed by atoms with Crippen LogP contribution in [0.25, 0.3) is 10.8 Å². The van der Waals surface area contributed by atoms with E-state index in [1.165, 1.54) is 21.9 Å². The summed E-state index contributed by atoms with van der Waals surface area (Å²) in [5, 5.41) is 6.08. The molecule has 0 amide bonds. The van der Waals surface area contributed by atoms with Gasteiger partial charge in [0.25, 0.3) is 0 Å². The smallest absolute Gasteiger partial charge is 0.0205 e. The zero-order valence-corrected chi connectivity index (χ0v) is 11.1. The Bertz CT molecular complexity index is 493. The van der Waals surface area contributed by atoms with Gasteiger partial charge in [-0.2, -0.15) is 12.6 Å². The Hall–Kier alpha value is -0.990. The Labute approximate surface area is 109 Å². The van der Waals surface area contributed by atoms with Crippen LogP contribution in [-0.2, 0) is 6.54 Å². The van der Waals surface area contributed by atoms with Crippen LogP contribution in [0.2, 0.25) is 0 Å². The molecular weight excluding hydrogens is 226 g/mol. The van der Waals surface area contributed by atoms with Gasteiger partial charge in [-0.15, -0.1) is 0 Å². The summed E-state index contributed by atoms with van der Waals surface area (Å²) >= 11 is 4.20. The lowest BCUT2D eigenvalue weighted by molar-refractivity contribution is 0.680. The zero-order chi connectivity index (χ0) is 12.1. The molecule has 2 aromatic carbocycles. The van der Waals surface area contributed by atoms with Gasteiger partial charge in [-0.05, 0) is 48.0 Å². The molecular formula is C15H19NS. The van der Waals surface area contributed by atoms with Gasteiger partial charge in [-0.25, -0.2) is 0 Å².